The summed E-state index contributed by atoms with van der Waals surface area (Å²) in [5.74, 6) is -0.398. The second-order valence-corrected chi connectivity index (χ2v) is 6.80. The van der Waals surface area contributed by atoms with Crippen molar-refractivity contribution in [3.8, 4) is 5.82 Å². The number of carbonyl (C=O) groups is 1. The molecule has 0 amide bonds. The highest BCUT2D eigenvalue weighted by atomic mass is 32.2. The number of rotatable bonds is 5. The van der Waals surface area contributed by atoms with Crippen LogP contribution in [0.3, 0.4) is 0 Å². The summed E-state index contributed by atoms with van der Waals surface area (Å²) in [6.07, 6.45) is 1.25. The molecule has 0 bridgehead atoms. The van der Waals surface area contributed by atoms with Crippen LogP contribution in [0.5, 0.6) is 0 Å². The number of nitrogen functional groups attached to an aromatic ring is 1. The van der Waals surface area contributed by atoms with E-state index in [1.807, 2.05) is 0 Å². The average Bonchev–Trinajstić information content (AvgIpc) is 2.89. The highest BCUT2D eigenvalue weighted by Crippen LogP contribution is 2.18. The number of hydrogen-bond donors (Lipinski definition) is 1. The fraction of sp³-hybridized carbons (Fsp3) is 0.308. The second-order valence-electron chi connectivity index (χ2n) is 4.70. The Balaban J connectivity index is 2.47. The standard InChI is InChI=1S/C13H17N5O4S/c1-4-22-13(19)9-8-15-18(12(9)14)10-6-5-7-11(16-10)23(20,21)17(2)3/h5-8H,4,14H2,1-3H3. The lowest BCUT2D eigenvalue weighted by Gasteiger charge is -2.11. The third kappa shape index (κ3) is 3.17. The molecular formula is C13H17N5O4S. The van der Waals surface area contributed by atoms with Crippen molar-refractivity contribution in [1.29, 1.82) is 0 Å². The highest BCUT2D eigenvalue weighted by molar-refractivity contribution is 7.89. The van der Waals surface area contributed by atoms with Crippen molar-refractivity contribution in [3.05, 3.63) is 30.0 Å². The molecule has 0 aliphatic carbocycles. The summed E-state index contributed by atoms with van der Waals surface area (Å²) in [5.41, 5.74) is 5.98. The fourth-order valence-corrected chi connectivity index (χ4v) is 2.59. The number of hydrogen-bond acceptors (Lipinski definition) is 7. The van der Waals surface area contributed by atoms with Gasteiger partial charge in [-0.25, -0.2) is 22.5 Å². The van der Waals surface area contributed by atoms with Crippen LogP contribution in [0.4, 0.5) is 5.82 Å². The van der Waals surface area contributed by atoms with Crippen LogP contribution in [-0.4, -0.2) is 54.2 Å². The molecule has 0 aliphatic rings. The average molecular weight is 339 g/mol. The lowest BCUT2D eigenvalue weighted by molar-refractivity contribution is 0.0527. The Hall–Kier alpha value is -2.46. The molecular weight excluding hydrogens is 322 g/mol. The maximum Gasteiger partial charge on any atom is 0.343 e. The first-order valence-electron chi connectivity index (χ1n) is 6.69. The Morgan fingerprint density at radius 3 is 2.70 bits per heavy atom. The monoisotopic (exact) mass is 339 g/mol. The van der Waals surface area contributed by atoms with Crippen LogP contribution in [0.15, 0.2) is 29.4 Å². The quantitative estimate of drug-likeness (QED) is 0.776. The van der Waals surface area contributed by atoms with Gasteiger partial charge in [0.25, 0.3) is 10.0 Å². The van der Waals surface area contributed by atoms with E-state index in [1.165, 1.54) is 43.2 Å². The molecule has 2 aromatic heterocycles. The molecule has 0 saturated carbocycles. The number of sulfonamides is 1. The van der Waals surface area contributed by atoms with Crippen molar-refractivity contribution in [2.75, 3.05) is 26.4 Å². The SMILES string of the molecule is CCOC(=O)c1cnn(-c2cccc(S(=O)(=O)N(C)C)n2)c1N. The Bertz CT molecular complexity index is 829. The molecule has 9 nitrogen and oxygen atoms in total. The summed E-state index contributed by atoms with van der Waals surface area (Å²) in [4.78, 5) is 15.8. The number of esters is 1. The number of carbonyl (C=O) groups excluding carboxylic acids is 1. The van der Waals surface area contributed by atoms with E-state index in [0.717, 1.165) is 4.31 Å². The van der Waals surface area contributed by atoms with Gasteiger partial charge < -0.3 is 10.5 Å². The molecule has 0 atom stereocenters. The van der Waals surface area contributed by atoms with Crippen LogP contribution in [-0.2, 0) is 14.8 Å². The number of nitrogens with zero attached hydrogens (tertiary/aromatic N) is 4. The Kier molecular flexibility index (Phi) is 4.66. The van der Waals surface area contributed by atoms with Crippen LogP contribution >= 0.6 is 0 Å². The van der Waals surface area contributed by atoms with E-state index in [2.05, 4.69) is 10.1 Å². The normalized spacial score (nSPS) is 11.7. The van der Waals surface area contributed by atoms with Gasteiger partial charge in [-0.3, -0.25) is 0 Å². The zero-order chi connectivity index (χ0) is 17.2. The van der Waals surface area contributed by atoms with Gasteiger partial charge in [0, 0.05) is 14.1 Å². The maximum atomic E-state index is 12.1. The molecule has 10 heteroatoms. The zero-order valence-corrected chi connectivity index (χ0v) is 13.7. The van der Waals surface area contributed by atoms with Crippen molar-refractivity contribution in [2.24, 2.45) is 0 Å². The van der Waals surface area contributed by atoms with Crippen LogP contribution in [0.1, 0.15) is 17.3 Å². The molecule has 0 fully saturated rings. The van der Waals surface area contributed by atoms with Gasteiger partial charge in [-0.05, 0) is 19.1 Å². The first kappa shape index (κ1) is 16.9. The summed E-state index contributed by atoms with van der Waals surface area (Å²) in [6, 6.07) is 4.42. The summed E-state index contributed by atoms with van der Waals surface area (Å²) in [7, 11) is -0.875. The first-order valence-corrected chi connectivity index (χ1v) is 8.13. The topological polar surface area (TPSA) is 120 Å². The lowest BCUT2D eigenvalue weighted by atomic mass is 10.3. The Morgan fingerprint density at radius 1 is 1.39 bits per heavy atom. The molecule has 2 aromatic rings. The minimum Gasteiger partial charge on any atom is -0.462 e. The van der Waals surface area contributed by atoms with Gasteiger partial charge in [0.1, 0.15) is 11.4 Å². The van der Waals surface area contributed by atoms with Gasteiger partial charge in [0.15, 0.2) is 10.8 Å². The maximum absolute atomic E-state index is 12.1. The largest absolute Gasteiger partial charge is 0.462 e. The van der Waals surface area contributed by atoms with E-state index in [-0.39, 0.29) is 28.8 Å². The second kappa shape index (κ2) is 6.34. The van der Waals surface area contributed by atoms with Crippen molar-refractivity contribution in [2.45, 2.75) is 11.9 Å². The van der Waals surface area contributed by atoms with E-state index in [9.17, 15) is 13.2 Å². The Morgan fingerprint density at radius 2 is 2.09 bits per heavy atom. The number of nitrogens with two attached hydrogens (primary N) is 1. The third-order valence-electron chi connectivity index (χ3n) is 2.97. The molecule has 2 rings (SSSR count). The van der Waals surface area contributed by atoms with Gasteiger partial charge in [-0.2, -0.15) is 9.78 Å². The molecule has 0 saturated heterocycles. The molecule has 0 radical (unpaired) electrons. The van der Waals surface area contributed by atoms with Crippen LogP contribution in [0.25, 0.3) is 5.82 Å². The van der Waals surface area contributed by atoms with E-state index in [1.54, 1.807) is 6.92 Å². The molecule has 2 N–H and O–H groups in total. The molecule has 23 heavy (non-hydrogen) atoms. The molecule has 124 valence electrons. The smallest absolute Gasteiger partial charge is 0.343 e. The van der Waals surface area contributed by atoms with Crippen molar-refractivity contribution in [1.82, 2.24) is 19.1 Å². The molecule has 2 heterocycles. The first-order chi connectivity index (χ1) is 10.8. The van der Waals surface area contributed by atoms with Crippen LogP contribution in [0.2, 0.25) is 0 Å². The predicted molar refractivity (Wildman–Crippen MR) is 82.6 cm³/mol. The number of ether oxygens (including phenoxy) is 1. The number of anilines is 1. The van der Waals surface area contributed by atoms with Crippen LogP contribution < -0.4 is 5.73 Å². The van der Waals surface area contributed by atoms with E-state index < -0.39 is 16.0 Å². The summed E-state index contributed by atoms with van der Waals surface area (Å²) < 4.78 is 31.4. The predicted octanol–water partition coefficient (Wildman–Crippen LogP) is 0.276. The van der Waals surface area contributed by atoms with Gasteiger partial charge >= 0.3 is 5.97 Å². The number of aromatic nitrogens is 3. The van der Waals surface area contributed by atoms with Crippen molar-refractivity contribution in [3.63, 3.8) is 0 Å². The molecule has 0 aromatic carbocycles. The third-order valence-corrected chi connectivity index (χ3v) is 4.69. The van der Waals surface area contributed by atoms with Crippen molar-refractivity contribution < 1.29 is 17.9 Å². The van der Waals surface area contributed by atoms with Crippen molar-refractivity contribution >= 4 is 21.8 Å². The lowest BCUT2D eigenvalue weighted by Crippen LogP contribution is -2.23. The van der Waals surface area contributed by atoms with E-state index in [4.69, 9.17) is 10.5 Å². The summed E-state index contributed by atoms with van der Waals surface area (Å²) >= 11 is 0. The van der Waals surface area contributed by atoms with Gasteiger partial charge in [-0.1, -0.05) is 6.07 Å². The van der Waals surface area contributed by atoms with Gasteiger partial charge in [0.2, 0.25) is 0 Å². The minimum absolute atomic E-state index is 0.0235. The Labute approximate surface area is 133 Å². The summed E-state index contributed by atoms with van der Waals surface area (Å²) in [5, 5.41) is 3.83. The van der Waals surface area contributed by atoms with Crippen LogP contribution in [0, 0.1) is 0 Å². The summed E-state index contributed by atoms with van der Waals surface area (Å²) in [6.45, 7) is 1.88. The van der Waals surface area contributed by atoms with E-state index >= 15 is 0 Å². The molecule has 0 unspecified atom stereocenters. The zero-order valence-electron chi connectivity index (χ0n) is 12.9. The minimum atomic E-state index is -3.69. The van der Waals surface area contributed by atoms with Gasteiger partial charge in [0.05, 0.1) is 12.8 Å². The molecule has 0 aliphatic heterocycles. The fourth-order valence-electron chi connectivity index (χ4n) is 1.76. The van der Waals surface area contributed by atoms with Gasteiger partial charge in [-0.15, -0.1) is 0 Å². The highest BCUT2D eigenvalue weighted by Gasteiger charge is 2.21. The van der Waals surface area contributed by atoms with E-state index in [0.29, 0.717) is 0 Å². The number of pyridine rings is 1. The molecule has 0 spiro atoms.